The Bertz CT molecular complexity index is 1710. The lowest BCUT2D eigenvalue weighted by Gasteiger charge is -2.40. The largest absolute Gasteiger partial charge is 0.397 e. The predicted molar refractivity (Wildman–Crippen MR) is 298 cm³/mol. The third-order valence-corrected chi connectivity index (χ3v) is 10.9. The molecule has 18 heteroatoms. The quantitative estimate of drug-likeness (QED) is 0.0203. The van der Waals surface area contributed by atoms with E-state index in [9.17, 15) is 0 Å². The Labute approximate surface area is 448 Å². The van der Waals surface area contributed by atoms with Crippen molar-refractivity contribution in [3.05, 3.63) is 53.5 Å². The van der Waals surface area contributed by atoms with E-state index in [4.69, 9.17) is 65.3 Å². The molecule has 18 nitrogen and oxygen atoms in total. The molecule has 8 N–H and O–H groups in total. The molecule has 1 rings (SSSR count). The first-order valence-electron chi connectivity index (χ1n) is 27.1. The fourth-order valence-electron chi connectivity index (χ4n) is 7.11. The van der Waals surface area contributed by atoms with Crippen molar-refractivity contribution in [2.75, 3.05) is 119 Å². The molecular weight excluding hydrogens is 943 g/mol. The molecule has 0 saturated carbocycles. The molecule has 0 aliphatic rings. The molecule has 0 amide bonds. The lowest BCUT2D eigenvalue weighted by atomic mass is 9.98. The molecule has 0 aromatic heterocycles. The van der Waals surface area contributed by atoms with Gasteiger partial charge in [-0.1, -0.05) is 96.9 Å². The summed E-state index contributed by atoms with van der Waals surface area (Å²) in [4.78, 5) is 0. The van der Waals surface area contributed by atoms with E-state index in [1.54, 1.807) is 18.6 Å². The maximum Gasteiger partial charge on any atom is 0.125 e. The van der Waals surface area contributed by atoms with Crippen LogP contribution in [0.15, 0.2) is 47.0 Å². The standard InChI is InChI=1S/C56H105N9O9/c1-17-66-32-54(33-68-25-41(3)4,34-69-26-42(5)6)61-22-52(63-58)49-19-48(51(57)24-65(60)56(38-67-18-2,39-73-30-46(13)14)40-74-31-47(15)16)20-50(21-49)53(64-59)23-62-55(35-70-27-43(7)8,36-71-28-44(9)10)37-72-29-45(11)12/h19-24,41-47,58-59,61-62H,17-18,25-40,57,60H2,1-16H3/b51-24-,52-22-,53-23-,63-58?,64-59?. The summed E-state index contributed by atoms with van der Waals surface area (Å²) in [6.45, 7) is 40.1. The van der Waals surface area contributed by atoms with Crippen LogP contribution in [0.25, 0.3) is 17.1 Å². The average Bonchev–Trinajstić information content (AvgIpc) is 3.31. The SMILES string of the molecule is CCOCC(COCC(C)C)(COCC(C)C)N/C=C(\N=N)c1cc(/C(N)=C/N(N)C(COCC)(COCC(C)C)COCC(C)C)cc(/C(=C/NC(COCC(C)C)(COCC(C)C)COCC(C)C)N=N)c1. The van der Waals surface area contributed by atoms with Crippen LogP contribution in [0, 0.1) is 52.5 Å². The third-order valence-electron chi connectivity index (χ3n) is 10.9. The fraction of sp³-hybridized carbons (Fsp3) is 0.786. The Morgan fingerprint density at radius 3 is 1.01 bits per heavy atom. The van der Waals surface area contributed by atoms with Gasteiger partial charge in [-0.2, -0.15) is 10.2 Å². The van der Waals surface area contributed by atoms with Crippen LogP contribution < -0.4 is 22.2 Å². The highest BCUT2D eigenvalue weighted by atomic mass is 16.5. The number of hydrazine groups is 1. The lowest BCUT2D eigenvalue weighted by Crippen LogP contribution is -2.60. The molecule has 74 heavy (non-hydrogen) atoms. The van der Waals surface area contributed by atoms with E-state index in [1.807, 2.05) is 32.0 Å². The molecule has 0 saturated heterocycles. The summed E-state index contributed by atoms with van der Waals surface area (Å²) < 4.78 is 56.1. The van der Waals surface area contributed by atoms with Crippen LogP contribution in [-0.4, -0.2) is 141 Å². The summed E-state index contributed by atoms with van der Waals surface area (Å²) in [5.41, 5.74) is 24.0. The van der Waals surface area contributed by atoms with Crippen LogP contribution in [0.4, 0.5) is 0 Å². The molecular formula is C56H105N9O9. The van der Waals surface area contributed by atoms with Crippen LogP contribution in [0.3, 0.4) is 0 Å². The first-order chi connectivity index (χ1) is 35.0. The minimum Gasteiger partial charge on any atom is -0.397 e. The Morgan fingerprint density at radius 1 is 0.473 bits per heavy atom. The van der Waals surface area contributed by atoms with E-state index in [0.29, 0.717) is 106 Å². The number of hydrogen-bond acceptors (Lipinski definition) is 18. The number of hydrogen-bond donors (Lipinski definition) is 6. The zero-order valence-corrected chi connectivity index (χ0v) is 48.9. The molecule has 0 atom stereocenters. The second-order valence-electron chi connectivity index (χ2n) is 22.8. The van der Waals surface area contributed by atoms with E-state index in [0.717, 1.165) is 0 Å². The van der Waals surface area contributed by atoms with Crippen LogP contribution in [0.1, 0.15) is 127 Å². The zero-order valence-electron chi connectivity index (χ0n) is 48.9. The van der Waals surface area contributed by atoms with Gasteiger partial charge in [-0.25, -0.2) is 16.9 Å². The van der Waals surface area contributed by atoms with Gasteiger partial charge >= 0.3 is 0 Å². The Balaban J connectivity index is 4.37. The second kappa shape index (κ2) is 37.3. The van der Waals surface area contributed by atoms with Crippen molar-refractivity contribution in [3.8, 4) is 0 Å². The maximum atomic E-state index is 8.63. The van der Waals surface area contributed by atoms with E-state index in [2.05, 4.69) is 118 Å². The Kier molecular flexibility index (Phi) is 34.5. The highest BCUT2D eigenvalue weighted by Crippen LogP contribution is 2.29. The van der Waals surface area contributed by atoms with Crippen molar-refractivity contribution in [2.45, 2.75) is 127 Å². The van der Waals surface area contributed by atoms with Gasteiger partial charge < -0.3 is 64.0 Å². The first-order valence-corrected chi connectivity index (χ1v) is 27.1. The van der Waals surface area contributed by atoms with Crippen LogP contribution in [0.2, 0.25) is 0 Å². The van der Waals surface area contributed by atoms with Gasteiger partial charge in [0.25, 0.3) is 0 Å². The normalized spacial score (nSPS) is 13.5. The van der Waals surface area contributed by atoms with Gasteiger partial charge in [-0.3, -0.25) is 0 Å². The second-order valence-corrected chi connectivity index (χ2v) is 22.8. The number of ether oxygens (including phenoxy) is 9. The molecule has 0 radical (unpaired) electrons. The first kappa shape index (κ1) is 68.5. The van der Waals surface area contributed by atoms with Gasteiger partial charge in [-0.05, 0) is 73.5 Å². The molecule has 1 aromatic carbocycles. The maximum absolute atomic E-state index is 8.63. The van der Waals surface area contributed by atoms with Crippen molar-refractivity contribution in [1.82, 2.24) is 15.6 Å². The monoisotopic (exact) mass is 1050 g/mol. The minimum absolute atomic E-state index is 0.202. The van der Waals surface area contributed by atoms with Crippen molar-refractivity contribution in [2.24, 2.45) is 63.2 Å². The van der Waals surface area contributed by atoms with Crippen molar-refractivity contribution in [3.63, 3.8) is 0 Å². The van der Waals surface area contributed by atoms with E-state index < -0.39 is 16.6 Å². The molecule has 1 aromatic rings. The van der Waals surface area contributed by atoms with Gasteiger partial charge in [0.15, 0.2) is 0 Å². The summed E-state index contributed by atoms with van der Waals surface area (Å²) in [6, 6.07) is 5.48. The molecule has 428 valence electrons. The van der Waals surface area contributed by atoms with E-state index in [1.165, 1.54) is 5.01 Å². The zero-order chi connectivity index (χ0) is 55.7. The molecule has 0 heterocycles. The molecule has 0 spiro atoms. The molecule has 0 aliphatic carbocycles. The Hall–Kier alpha value is -3.56. The van der Waals surface area contributed by atoms with Gasteiger partial charge in [0.05, 0.1) is 65.2 Å². The van der Waals surface area contributed by atoms with Crippen LogP contribution in [-0.2, 0) is 42.6 Å². The number of benzene rings is 1. The highest BCUT2D eigenvalue weighted by Gasteiger charge is 2.37. The molecule has 0 fully saturated rings. The highest BCUT2D eigenvalue weighted by molar-refractivity contribution is 5.77. The molecule has 0 bridgehead atoms. The van der Waals surface area contributed by atoms with Crippen molar-refractivity contribution < 1.29 is 42.6 Å². The molecule has 0 unspecified atom stereocenters. The van der Waals surface area contributed by atoms with Crippen molar-refractivity contribution >= 4 is 17.1 Å². The smallest absolute Gasteiger partial charge is 0.125 e. The number of nitrogens with one attached hydrogen (secondary N) is 4. The van der Waals surface area contributed by atoms with Gasteiger partial charge in [0.1, 0.15) is 28.0 Å². The summed E-state index contributed by atoms with van der Waals surface area (Å²) >= 11 is 0. The van der Waals surface area contributed by atoms with E-state index in [-0.39, 0.29) is 88.4 Å². The Morgan fingerprint density at radius 2 is 0.730 bits per heavy atom. The van der Waals surface area contributed by atoms with Crippen LogP contribution in [0.5, 0.6) is 0 Å². The minimum atomic E-state index is -0.961. The van der Waals surface area contributed by atoms with E-state index >= 15 is 0 Å². The summed E-state index contributed by atoms with van der Waals surface area (Å²) in [6.07, 6.45) is 5.03. The van der Waals surface area contributed by atoms with Gasteiger partial charge in [0, 0.05) is 94.8 Å². The topological polar surface area (TPSA) is 235 Å². The number of nitrogens with two attached hydrogens (primary N) is 2. The number of rotatable bonds is 45. The van der Waals surface area contributed by atoms with Crippen LogP contribution >= 0.6 is 0 Å². The molecule has 0 aliphatic heterocycles. The summed E-state index contributed by atoms with van der Waals surface area (Å²) in [5, 5.41) is 16.8. The van der Waals surface area contributed by atoms with Crippen molar-refractivity contribution in [1.29, 1.82) is 11.1 Å². The lowest BCUT2D eigenvalue weighted by molar-refractivity contribution is -0.0889. The number of nitrogens with zero attached hydrogens (tertiary/aromatic N) is 3. The average molecular weight is 1050 g/mol. The van der Waals surface area contributed by atoms with Gasteiger partial charge in [-0.15, -0.1) is 0 Å². The fourth-order valence-corrected chi connectivity index (χ4v) is 7.11. The summed E-state index contributed by atoms with van der Waals surface area (Å²) in [5.74, 6) is 9.13. The predicted octanol–water partition coefficient (Wildman–Crippen LogP) is 9.95. The van der Waals surface area contributed by atoms with Gasteiger partial charge in [0.2, 0.25) is 0 Å². The third kappa shape index (κ3) is 28.0. The summed E-state index contributed by atoms with van der Waals surface area (Å²) in [7, 11) is 0.